The average Bonchev–Trinajstić information content (AvgIpc) is 2.47. The first-order valence-corrected chi connectivity index (χ1v) is 9.97. The highest BCUT2D eigenvalue weighted by Crippen LogP contribution is 2.06. The van der Waals surface area contributed by atoms with Crippen molar-refractivity contribution in [1.29, 1.82) is 0 Å². The normalized spacial score (nSPS) is 13.1. The molecule has 22 heavy (non-hydrogen) atoms. The van der Waals surface area contributed by atoms with Gasteiger partial charge in [-0.3, -0.25) is 9.59 Å². The van der Waals surface area contributed by atoms with E-state index < -0.39 is 18.1 Å². The molecule has 2 atom stereocenters. The Hall–Kier alpha value is -0.890. The maximum Gasteiger partial charge on any atom is 0.328 e. The number of rotatable bonds is 11. The van der Waals surface area contributed by atoms with E-state index in [-0.39, 0.29) is 18.4 Å². The molecule has 8 heteroatoms. The van der Waals surface area contributed by atoms with Crippen LogP contribution in [0.15, 0.2) is 0 Å². The van der Waals surface area contributed by atoms with Gasteiger partial charge in [0.25, 0.3) is 0 Å². The molecule has 0 fully saturated rings. The lowest BCUT2D eigenvalue weighted by molar-refractivity contribution is -0.147. The molecule has 0 saturated carbocycles. The van der Waals surface area contributed by atoms with Crippen molar-refractivity contribution in [2.75, 3.05) is 30.6 Å². The summed E-state index contributed by atoms with van der Waals surface area (Å²) in [5.41, 5.74) is 0. The van der Waals surface area contributed by atoms with Gasteiger partial charge >= 0.3 is 5.97 Å². The van der Waals surface area contributed by atoms with E-state index in [0.717, 1.165) is 11.5 Å². The topological polar surface area (TPSA) is 84.5 Å². The van der Waals surface area contributed by atoms with Crippen molar-refractivity contribution in [3.63, 3.8) is 0 Å². The molecule has 0 radical (unpaired) electrons. The van der Waals surface area contributed by atoms with E-state index in [1.807, 2.05) is 12.5 Å². The van der Waals surface area contributed by atoms with Crippen LogP contribution in [0.4, 0.5) is 0 Å². The third-order valence-corrected chi connectivity index (χ3v) is 4.09. The molecule has 0 heterocycles. The molecule has 0 aromatic heterocycles. The second kappa shape index (κ2) is 12.6. The average molecular weight is 351 g/mol. The minimum atomic E-state index is -0.676. The molecule has 0 aliphatic rings. The van der Waals surface area contributed by atoms with Gasteiger partial charge in [0.15, 0.2) is 0 Å². The van der Waals surface area contributed by atoms with E-state index in [1.165, 1.54) is 6.92 Å². The van der Waals surface area contributed by atoms with Crippen LogP contribution in [0.25, 0.3) is 0 Å². The smallest absolute Gasteiger partial charge is 0.328 e. The zero-order valence-electron chi connectivity index (χ0n) is 13.6. The number of esters is 1. The monoisotopic (exact) mass is 350 g/mol. The van der Waals surface area contributed by atoms with Crippen molar-refractivity contribution in [2.45, 2.75) is 38.8 Å². The molecule has 0 rings (SSSR count). The summed E-state index contributed by atoms with van der Waals surface area (Å²) in [4.78, 5) is 35.4. The van der Waals surface area contributed by atoms with Crippen LogP contribution in [-0.2, 0) is 19.1 Å². The minimum absolute atomic E-state index is 0.266. The van der Waals surface area contributed by atoms with Crippen molar-refractivity contribution >= 4 is 41.3 Å². The summed E-state index contributed by atoms with van der Waals surface area (Å²) in [6.07, 6.45) is 4.89. The number of thioether (sulfide) groups is 2. The van der Waals surface area contributed by atoms with Gasteiger partial charge in [0, 0.05) is 6.92 Å². The lowest BCUT2D eigenvalue weighted by Gasteiger charge is -2.22. The van der Waals surface area contributed by atoms with Gasteiger partial charge in [-0.2, -0.15) is 23.5 Å². The SMILES string of the molecule is CCOC(=O)C(CCSC)NC(=O)C(CCSC)NC(C)=O. The third-order valence-electron chi connectivity index (χ3n) is 2.80. The van der Waals surface area contributed by atoms with Gasteiger partial charge < -0.3 is 15.4 Å². The number of amides is 2. The van der Waals surface area contributed by atoms with Crippen LogP contribution >= 0.6 is 23.5 Å². The lowest BCUT2D eigenvalue weighted by Crippen LogP contribution is -2.52. The first-order chi connectivity index (χ1) is 10.5. The number of hydrogen-bond acceptors (Lipinski definition) is 6. The molecular weight excluding hydrogens is 324 g/mol. The first kappa shape index (κ1) is 21.1. The Labute approximate surface area is 140 Å². The maximum atomic E-state index is 12.3. The van der Waals surface area contributed by atoms with E-state index in [2.05, 4.69) is 10.6 Å². The highest BCUT2D eigenvalue weighted by atomic mass is 32.2. The largest absolute Gasteiger partial charge is 0.464 e. The molecule has 6 nitrogen and oxygen atoms in total. The van der Waals surface area contributed by atoms with E-state index in [0.29, 0.717) is 12.8 Å². The van der Waals surface area contributed by atoms with Crippen LogP contribution in [0.2, 0.25) is 0 Å². The molecule has 0 aromatic carbocycles. The van der Waals surface area contributed by atoms with Gasteiger partial charge in [-0.05, 0) is 43.8 Å². The Morgan fingerprint density at radius 1 is 1.00 bits per heavy atom. The summed E-state index contributed by atoms with van der Waals surface area (Å²) in [6, 6.07) is -1.30. The van der Waals surface area contributed by atoms with Crippen LogP contribution in [0.1, 0.15) is 26.7 Å². The number of carbonyl (C=O) groups excluding carboxylic acids is 3. The van der Waals surface area contributed by atoms with Crippen molar-refractivity contribution in [3.05, 3.63) is 0 Å². The van der Waals surface area contributed by atoms with E-state index in [1.54, 1.807) is 30.4 Å². The predicted octanol–water partition coefficient (Wildman–Crippen LogP) is 1.05. The summed E-state index contributed by atoms with van der Waals surface area (Å²) in [5, 5.41) is 5.33. The van der Waals surface area contributed by atoms with Gasteiger partial charge in [-0.1, -0.05) is 0 Å². The van der Waals surface area contributed by atoms with Crippen LogP contribution in [0.5, 0.6) is 0 Å². The number of nitrogens with one attached hydrogen (secondary N) is 2. The molecule has 0 spiro atoms. The Balaban J connectivity index is 4.76. The van der Waals surface area contributed by atoms with Crippen molar-refractivity contribution < 1.29 is 19.1 Å². The molecule has 2 N–H and O–H groups in total. The quantitative estimate of drug-likeness (QED) is 0.542. The Morgan fingerprint density at radius 2 is 1.55 bits per heavy atom. The molecule has 0 aliphatic heterocycles. The van der Waals surface area contributed by atoms with E-state index in [9.17, 15) is 14.4 Å². The van der Waals surface area contributed by atoms with Crippen LogP contribution < -0.4 is 10.6 Å². The molecule has 2 unspecified atom stereocenters. The molecule has 0 aliphatic carbocycles. The summed E-state index contributed by atoms with van der Waals surface area (Å²) in [7, 11) is 0. The zero-order chi connectivity index (χ0) is 17.0. The number of carbonyl (C=O) groups is 3. The zero-order valence-corrected chi connectivity index (χ0v) is 15.3. The van der Waals surface area contributed by atoms with Gasteiger partial charge in [0.1, 0.15) is 12.1 Å². The minimum Gasteiger partial charge on any atom is -0.464 e. The van der Waals surface area contributed by atoms with Crippen LogP contribution in [-0.4, -0.2) is 60.5 Å². The fraction of sp³-hybridized carbons (Fsp3) is 0.786. The van der Waals surface area contributed by atoms with Crippen molar-refractivity contribution in [3.8, 4) is 0 Å². The van der Waals surface area contributed by atoms with E-state index in [4.69, 9.17) is 4.74 Å². The predicted molar refractivity (Wildman–Crippen MR) is 92.2 cm³/mol. The fourth-order valence-corrected chi connectivity index (χ4v) is 2.69. The summed E-state index contributed by atoms with van der Waals surface area (Å²) >= 11 is 3.19. The Morgan fingerprint density at radius 3 is 2.00 bits per heavy atom. The second-order valence-electron chi connectivity index (χ2n) is 4.63. The van der Waals surface area contributed by atoms with E-state index >= 15 is 0 Å². The Bertz CT molecular complexity index is 367. The van der Waals surface area contributed by atoms with Gasteiger partial charge in [0.05, 0.1) is 6.61 Å². The summed E-state index contributed by atoms with van der Waals surface area (Å²) in [5.74, 6) is 0.435. The van der Waals surface area contributed by atoms with Gasteiger partial charge in [-0.25, -0.2) is 4.79 Å². The summed E-state index contributed by atoms with van der Waals surface area (Å²) < 4.78 is 4.99. The lowest BCUT2D eigenvalue weighted by atomic mass is 10.1. The van der Waals surface area contributed by atoms with Crippen LogP contribution in [0.3, 0.4) is 0 Å². The third kappa shape index (κ3) is 9.19. The standard InChI is InChI=1S/C14H26N2O4S2/c1-5-20-14(19)12(7-9-22-4)16-13(18)11(6-8-21-3)15-10(2)17/h11-12H,5-9H2,1-4H3,(H,15,17)(H,16,18). The maximum absolute atomic E-state index is 12.3. The molecule has 128 valence electrons. The number of ether oxygens (including phenoxy) is 1. The molecule has 0 saturated heterocycles. The van der Waals surface area contributed by atoms with Crippen molar-refractivity contribution in [1.82, 2.24) is 10.6 Å². The highest BCUT2D eigenvalue weighted by Gasteiger charge is 2.26. The second-order valence-corrected chi connectivity index (χ2v) is 6.60. The van der Waals surface area contributed by atoms with Gasteiger partial charge in [0.2, 0.25) is 11.8 Å². The molecular formula is C14H26N2O4S2. The molecule has 2 amide bonds. The van der Waals surface area contributed by atoms with Gasteiger partial charge in [-0.15, -0.1) is 0 Å². The molecule has 0 aromatic rings. The fourth-order valence-electron chi connectivity index (χ4n) is 1.75. The molecule has 0 bridgehead atoms. The highest BCUT2D eigenvalue weighted by molar-refractivity contribution is 7.98. The van der Waals surface area contributed by atoms with Crippen LogP contribution in [0, 0.1) is 0 Å². The summed E-state index contributed by atoms with van der Waals surface area (Å²) in [6.45, 7) is 3.37. The number of hydrogen-bond donors (Lipinski definition) is 2. The Kier molecular flexibility index (Phi) is 12.1. The first-order valence-electron chi connectivity index (χ1n) is 7.18. The van der Waals surface area contributed by atoms with Crippen molar-refractivity contribution in [2.24, 2.45) is 0 Å².